The Morgan fingerprint density at radius 2 is 1.84 bits per heavy atom. The number of Topliss-reactive ketones (excluding diaryl/α,β-unsaturated/α-hetero) is 1. The number of pyridine rings is 1. The summed E-state index contributed by atoms with van der Waals surface area (Å²) in [5, 5.41) is 0. The summed E-state index contributed by atoms with van der Waals surface area (Å²) >= 11 is 0. The minimum absolute atomic E-state index is 0.00704. The molecule has 0 unspecified atom stereocenters. The van der Waals surface area contributed by atoms with Crippen LogP contribution in [0.5, 0.6) is 0 Å². The van der Waals surface area contributed by atoms with Gasteiger partial charge in [0.15, 0.2) is 5.78 Å². The summed E-state index contributed by atoms with van der Waals surface area (Å²) in [5.74, 6) is 0.284. The smallest absolute Gasteiger partial charge is 0.176 e. The van der Waals surface area contributed by atoms with Crippen molar-refractivity contribution in [2.45, 2.75) is 26.2 Å². The first-order valence-corrected chi connectivity index (χ1v) is 6.25. The number of anilines is 1. The Kier molecular flexibility index (Phi) is 3.38. The van der Waals surface area contributed by atoms with Crippen LogP contribution in [0.15, 0.2) is 42.6 Å². The molecule has 0 amide bonds. The molecule has 1 aromatic heterocycles. The van der Waals surface area contributed by atoms with E-state index >= 15 is 0 Å². The summed E-state index contributed by atoms with van der Waals surface area (Å²) in [5.41, 5.74) is 7.61. The highest BCUT2D eigenvalue weighted by Crippen LogP contribution is 2.29. The van der Waals surface area contributed by atoms with Gasteiger partial charge in [0.2, 0.25) is 0 Å². The molecule has 0 aliphatic heterocycles. The van der Waals surface area contributed by atoms with Crippen LogP contribution >= 0.6 is 0 Å². The van der Waals surface area contributed by atoms with Crippen LogP contribution in [0.4, 0.5) is 5.82 Å². The molecule has 1 heterocycles. The van der Waals surface area contributed by atoms with Gasteiger partial charge in [-0.1, -0.05) is 30.3 Å². The molecule has 2 rings (SSSR count). The van der Waals surface area contributed by atoms with Gasteiger partial charge < -0.3 is 5.73 Å². The van der Waals surface area contributed by atoms with Crippen LogP contribution in [0.2, 0.25) is 0 Å². The molecule has 98 valence electrons. The van der Waals surface area contributed by atoms with Crippen molar-refractivity contribution in [2.75, 3.05) is 5.73 Å². The van der Waals surface area contributed by atoms with Crippen LogP contribution < -0.4 is 5.73 Å². The third kappa shape index (κ3) is 2.50. The zero-order chi connectivity index (χ0) is 14.0. The van der Waals surface area contributed by atoms with Gasteiger partial charge in [0, 0.05) is 6.20 Å². The molecular weight excluding hydrogens is 236 g/mol. The molecule has 0 bridgehead atoms. The minimum atomic E-state index is -0.620. The van der Waals surface area contributed by atoms with Crippen molar-refractivity contribution in [3.05, 3.63) is 59.3 Å². The number of carbonyl (C=O) groups excluding carboxylic acids is 1. The molecule has 2 N–H and O–H groups in total. The maximum atomic E-state index is 12.7. The minimum Gasteiger partial charge on any atom is -0.383 e. The number of ketones is 1. The number of rotatable bonds is 3. The van der Waals surface area contributed by atoms with E-state index < -0.39 is 5.41 Å². The molecule has 0 atom stereocenters. The molecule has 2 aromatic rings. The Hall–Kier alpha value is -2.16. The number of aromatic nitrogens is 1. The monoisotopic (exact) mass is 254 g/mol. The van der Waals surface area contributed by atoms with Gasteiger partial charge in [0.05, 0.1) is 11.0 Å². The topological polar surface area (TPSA) is 56.0 Å². The van der Waals surface area contributed by atoms with Gasteiger partial charge >= 0.3 is 0 Å². The molecule has 3 nitrogen and oxygen atoms in total. The Labute approximate surface area is 113 Å². The normalized spacial score (nSPS) is 11.3. The largest absolute Gasteiger partial charge is 0.383 e. The van der Waals surface area contributed by atoms with Crippen molar-refractivity contribution in [2.24, 2.45) is 0 Å². The standard InChI is InChI=1S/C16H18N2O/c1-11-9-13(15(17)18-10-11)14(19)16(2,3)12-7-5-4-6-8-12/h4-10H,1-3H3,(H2,17,18). The van der Waals surface area contributed by atoms with Gasteiger partial charge in [-0.25, -0.2) is 4.98 Å². The number of nitrogens with two attached hydrogens (primary N) is 1. The number of benzene rings is 1. The van der Waals surface area contributed by atoms with Gasteiger partial charge in [0.25, 0.3) is 0 Å². The van der Waals surface area contributed by atoms with E-state index in [1.54, 1.807) is 12.3 Å². The van der Waals surface area contributed by atoms with E-state index in [0.29, 0.717) is 11.4 Å². The van der Waals surface area contributed by atoms with E-state index in [9.17, 15) is 4.79 Å². The maximum Gasteiger partial charge on any atom is 0.176 e. The molecule has 3 heteroatoms. The highest BCUT2D eigenvalue weighted by atomic mass is 16.1. The van der Waals surface area contributed by atoms with Crippen LogP contribution in [0, 0.1) is 6.92 Å². The predicted octanol–water partition coefficient (Wildman–Crippen LogP) is 3.13. The van der Waals surface area contributed by atoms with Crippen LogP contribution in [-0.2, 0) is 5.41 Å². The molecule has 0 aliphatic rings. The summed E-state index contributed by atoms with van der Waals surface area (Å²) in [4.78, 5) is 16.8. The van der Waals surface area contributed by atoms with Gasteiger partial charge in [-0.3, -0.25) is 4.79 Å². The predicted molar refractivity (Wildman–Crippen MR) is 77.2 cm³/mol. The molecule has 0 radical (unpaired) electrons. The molecular formula is C16H18N2O. The summed E-state index contributed by atoms with van der Waals surface area (Å²) in [6, 6.07) is 11.5. The Morgan fingerprint density at radius 3 is 2.47 bits per heavy atom. The average molecular weight is 254 g/mol. The van der Waals surface area contributed by atoms with Crippen molar-refractivity contribution in [3.8, 4) is 0 Å². The lowest BCUT2D eigenvalue weighted by Gasteiger charge is -2.24. The second-order valence-electron chi connectivity index (χ2n) is 5.27. The van der Waals surface area contributed by atoms with Crippen LogP contribution in [0.1, 0.15) is 35.3 Å². The maximum absolute atomic E-state index is 12.7. The van der Waals surface area contributed by atoms with Gasteiger partial charge in [-0.05, 0) is 38.0 Å². The van der Waals surface area contributed by atoms with Crippen LogP contribution in [-0.4, -0.2) is 10.8 Å². The second kappa shape index (κ2) is 4.84. The average Bonchev–Trinajstić information content (AvgIpc) is 2.41. The second-order valence-corrected chi connectivity index (χ2v) is 5.27. The van der Waals surface area contributed by atoms with E-state index in [-0.39, 0.29) is 5.78 Å². The van der Waals surface area contributed by atoms with Crippen molar-refractivity contribution in [1.82, 2.24) is 4.98 Å². The number of hydrogen-bond donors (Lipinski definition) is 1. The lowest BCUT2D eigenvalue weighted by atomic mass is 9.78. The molecule has 0 saturated heterocycles. The van der Waals surface area contributed by atoms with Gasteiger partial charge in [-0.2, -0.15) is 0 Å². The summed E-state index contributed by atoms with van der Waals surface area (Å²) < 4.78 is 0. The molecule has 1 aromatic carbocycles. The number of aryl methyl sites for hydroxylation is 1. The fraction of sp³-hybridized carbons (Fsp3) is 0.250. The van der Waals surface area contributed by atoms with E-state index in [1.807, 2.05) is 51.1 Å². The zero-order valence-corrected chi connectivity index (χ0v) is 11.5. The van der Waals surface area contributed by atoms with Gasteiger partial charge in [0.1, 0.15) is 5.82 Å². The highest BCUT2D eigenvalue weighted by Gasteiger charge is 2.32. The van der Waals surface area contributed by atoms with Crippen molar-refractivity contribution < 1.29 is 4.79 Å². The fourth-order valence-corrected chi connectivity index (χ4v) is 2.08. The first kappa shape index (κ1) is 13.3. The molecule has 19 heavy (non-hydrogen) atoms. The van der Waals surface area contributed by atoms with Crippen LogP contribution in [0.3, 0.4) is 0 Å². The lowest BCUT2D eigenvalue weighted by Crippen LogP contribution is -2.30. The molecule has 0 fully saturated rings. The van der Waals surface area contributed by atoms with E-state index in [0.717, 1.165) is 11.1 Å². The highest BCUT2D eigenvalue weighted by molar-refractivity contribution is 6.06. The van der Waals surface area contributed by atoms with Crippen molar-refractivity contribution in [1.29, 1.82) is 0 Å². The molecule has 0 aliphatic carbocycles. The summed E-state index contributed by atoms with van der Waals surface area (Å²) in [6.07, 6.45) is 1.67. The van der Waals surface area contributed by atoms with E-state index in [4.69, 9.17) is 5.73 Å². The molecule has 0 saturated carbocycles. The Balaban J connectivity index is 2.46. The first-order valence-electron chi connectivity index (χ1n) is 6.25. The SMILES string of the molecule is Cc1cnc(N)c(C(=O)C(C)(C)c2ccccc2)c1. The lowest BCUT2D eigenvalue weighted by molar-refractivity contribution is 0.0909. The number of hydrogen-bond acceptors (Lipinski definition) is 3. The Bertz CT molecular complexity index is 603. The first-order chi connectivity index (χ1) is 8.93. The van der Waals surface area contributed by atoms with E-state index in [1.165, 1.54) is 0 Å². The number of nitrogen functional groups attached to an aromatic ring is 1. The van der Waals surface area contributed by atoms with E-state index in [2.05, 4.69) is 4.98 Å². The zero-order valence-electron chi connectivity index (χ0n) is 11.5. The van der Waals surface area contributed by atoms with Crippen molar-refractivity contribution >= 4 is 11.6 Å². The molecule has 0 spiro atoms. The Morgan fingerprint density at radius 1 is 1.21 bits per heavy atom. The quantitative estimate of drug-likeness (QED) is 0.856. The summed E-state index contributed by atoms with van der Waals surface area (Å²) in [7, 11) is 0. The third-order valence-electron chi connectivity index (χ3n) is 3.36. The summed E-state index contributed by atoms with van der Waals surface area (Å²) in [6.45, 7) is 5.72. The van der Waals surface area contributed by atoms with Crippen molar-refractivity contribution in [3.63, 3.8) is 0 Å². The van der Waals surface area contributed by atoms with Crippen LogP contribution in [0.25, 0.3) is 0 Å². The number of carbonyl (C=O) groups is 1. The van der Waals surface area contributed by atoms with Gasteiger partial charge in [-0.15, -0.1) is 0 Å². The number of nitrogens with zero attached hydrogens (tertiary/aromatic N) is 1. The fourth-order valence-electron chi connectivity index (χ4n) is 2.08. The third-order valence-corrected chi connectivity index (χ3v) is 3.36.